The molecule has 0 aliphatic heterocycles. The van der Waals surface area contributed by atoms with E-state index in [-0.39, 0.29) is 5.25 Å². The fourth-order valence-electron chi connectivity index (χ4n) is 1.01. The zero-order valence-corrected chi connectivity index (χ0v) is 7.56. The minimum Gasteiger partial charge on any atom is -0.480 e. The second-order valence-corrected chi connectivity index (χ2v) is 4.48. The molecule has 0 aromatic carbocycles. The Kier molecular flexibility index (Phi) is 3.24. The number of carbonyl (C=O) groups is 1. The van der Waals surface area contributed by atoms with Crippen LogP contribution in [0.5, 0.6) is 0 Å². The summed E-state index contributed by atoms with van der Waals surface area (Å²) in [7, 11) is 0. The predicted octanol–water partition coefficient (Wildman–Crippen LogP) is 1.99. The monoisotopic (exact) mass is 174 g/mol. The average Bonchev–Trinajstić information content (AvgIpc) is 1.83. The first-order chi connectivity index (χ1) is 5.20. The molecule has 1 saturated carbocycles. The van der Waals surface area contributed by atoms with Crippen molar-refractivity contribution in [3.05, 3.63) is 0 Å². The smallest absolute Gasteiger partial charge is 0.316 e. The van der Waals surface area contributed by atoms with Crippen LogP contribution in [-0.2, 0) is 4.79 Å². The zero-order chi connectivity index (χ0) is 8.27. The van der Waals surface area contributed by atoms with Gasteiger partial charge in [-0.15, -0.1) is 11.8 Å². The third-order valence-electron chi connectivity index (χ3n) is 2.15. The van der Waals surface area contributed by atoms with Gasteiger partial charge in [0.2, 0.25) is 0 Å². The second-order valence-electron chi connectivity index (χ2n) is 3.11. The first-order valence-electron chi connectivity index (χ1n) is 4.04. The van der Waals surface area contributed by atoms with E-state index in [4.69, 9.17) is 5.11 Å². The van der Waals surface area contributed by atoms with Gasteiger partial charge in [0.05, 0.1) is 5.25 Å². The molecule has 1 fully saturated rings. The Morgan fingerprint density at radius 1 is 1.73 bits per heavy atom. The molecule has 1 N–H and O–H groups in total. The van der Waals surface area contributed by atoms with E-state index < -0.39 is 5.97 Å². The summed E-state index contributed by atoms with van der Waals surface area (Å²) in [6.07, 6.45) is 3.95. The van der Waals surface area contributed by atoms with Crippen molar-refractivity contribution >= 4 is 17.7 Å². The normalized spacial score (nSPS) is 20.8. The standard InChI is InChI=1S/C8H14O2S/c1-6(8(9)10)11-5-7-3-2-4-7/h6-7H,2-5H2,1H3,(H,9,10). The lowest BCUT2D eigenvalue weighted by Gasteiger charge is -2.25. The van der Waals surface area contributed by atoms with Crippen LogP contribution in [0.4, 0.5) is 0 Å². The van der Waals surface area contributed by atoms with Crippen molar-refractivity contribution in [3.63, 3.8) is 0 Å². The van der Waals surface area contributed by atoms with Crippen LogP contribution in [0.2, 0.25) is 0 Å². The van der Waals surface area contributed by atoms with Crippen LogP contribution in [0.15, 0.2) is 0 Å². The first-order valence-corrected chi connectivity index (χ1v) is 5.09. The highest BCUT2D eigenvalue weighted by Gasteiger charge is 2.20. The van der Waals surface area contributed by atoms with Gasteiger partial charge in [0.15, 0.2) is 0 Å². The highest BCUT2D eigenvalue weighted by molar-refractivity contribution is 8.00. The number of aliphatic carboxylic acids is 1. The number of hydrogen-bond acceptors (Lipinski definition) is 2. The van der Waals surface area contributed by atoms with E-state index in [1.165, 1.54) is 19.3 Å². The molecule has 1 aliphatic carbocycles. The van der Waals surface area contributed by atoms with E-state index in [9.17, 15) is 4.79 Å². The molecule has 1 atom stereocenters. The number of thioether (sulfide) groups is 1. The summed E-state index contributed by atoms with van der Waals surface area (Å²) in [5, 5.41) is 8.34. The van der Waals surface area contributed by atoms with E-state index in [1.807, 2.05) is 0 Å². The molecule has 1 aliphatic rings. The van der Waals surface area contributed by atoms with Gasteiger partial charge < -0.3 is 5.11 Å². The molecule has 1 rings (SSSR count). The highest BCUT2D eigenvalue weighted by atomic mass is 32.2. The van der Waals surface area contributed by atoms with E-state index in [2.05, 4.69) is 0 Å². The Morgan fingerprint density at radius 3 is 2.73 bits per heavy atom. The molecule has 1 unspecified atom stereocenters. The molecule has 11 heavy (non-hydrogen) atoms. The number of carboxylic acids is 1. The SMILES string of the molecule is CC(SCC1CCC1)C(=O)O. The summed E-state index contributed by atoms with van der Waals surface area (Å²) in [4.78, 5) is 10.4. The van der Waals surface area contributed by atoms with Gasteiger partial charge >= 0.3 is 5.97 Å². The van der Waals surface area contributed by atoms with Crippen LogP contribution in [0, 0.1) is 5.92 Å². The largest absolute Gasteiger partial charge is 0.480 e. The van der Waals surface area contributed by atoms with Gasteiger partial charge in [0.25, 0.3) is 0 Å². The van der Waals surface area contributed by atoms with Crippen molar-refractivity contribution in [1.29, 1.82) is 0 Å². The molecule has 0 aromatic heterocycles. The zero-order valence-electron chi connectivity index (χ0n) is 6.75. The van der Waals surface area contributed by atoms with E-state index in [1.54, 1.807) is 18.7 Å². The average molecular weight is 174 g/mol. The first kappa shape index (κ1) is 8.91. The Labute approximate surface area is 71.4 Å². The summed E-state index contributed by atoms with van der Waals surface area (Å²) in [6, 6.07) is 0. The van der Waals surface area contributed by atoms with Crippen molar-refractivity contribution < 1.29 is 9.90 Å². The number of hydrogen-bond donors (Lipinski definition) is 1. The van der Waals surface area contributed by atoms with Crippen molar-refractivity contribution in [1.82, 2.24) is 0 Å². The van der Waals surface area contributed by atoms with Crippen molar-refractivity contribution in [3.8, 4) is 0 Å². The lowest BCUT2D eigenvalue weighted by atomic mass is 9.87. The second kappa shape index (κ2) is 4.00. The molecule has 3 heteroatoms. The Balaban J connectivity index is 2.05. The third-order valence-corrected chi connectivity index (χ3v) is 3.52. The Hall–Kier alpha value is -0.180. The minimum atomic E-state index is -0.686. The van der Waals surface area contributed by atoms with Crippen LogP contribution >= 0.6 is 11.8 Å². The highest BCUT2D eigenvalue weighted by Crippen LogP contribution is 2.30. The molecule has 0 heterocycles. The third kappa shape index (κ3) is 2.73. The predicted molar refractivity (Wildman–Crippen MR) is 46.9 cm³/mol. The Bertz CT molecular complexity index is 143. The summed E-state index contributed by atoms with van der Waals surface area (Å²) >= 11 is 1.57. The molecule has 2 nitrogen and oxygen atoms in total. The molecule has 0 aromatic rings. The van der Waals surface area contributed by atoms with Gasteiger partial charge in [-0.1, -0.05) is 6.42 Å². The van der Waals surface area contributed by atoms with Gasteiger partial charge in [-0.3, -0.25) is 4.79 Å². The van der Waals surface area contributed by atoms with Gasteiger partial charge in [-0.2, -0.15) is 0 Å². The molecule has 0 saturated heterocycles. The number of carboxylic acid groups (broad SMARTS) is 1. The maximum absolute atomic E-state index is 10.4. The van der Waals surface area contributed by atoms with Crippen LogP contribution < -0.4 is 0 Å². The minimum absolute atomic E-state index is 0.226. The molecular weight excluding hydrogens is 160 g/mol. The molecular formula is C8H14O2S. The van der Waals surface area contributed by atoms with Crippen LogP contribution in [0.1, 0.15) is 26.2 Å². The van der Waals surface area contributed by atoms with E-state index in [0.717, 1.165) is 11.7 Å². The molecule has 0 spiro atoms. The molecule has 0 amide bonds. The van der Waals surface area contributed by atoms with Gasteiger partial charge in [-0.05, 0) is 31.4 Å². The van der Waals surface area contributed by atoms with Crippen molar-refractivity contribution in [2.24, 2.45) is 5.92 Å². The quantitative estimate of drug-likeness (QED) is 0.708. The van der Waals surface area contributed by atoms with Gasteiger partial charge in [-0.25, -0.2) is 0 Å². The molecule has 64 valence electrons. The fraction of sp³-hybridized carbons (Fsp3) is 0.875. The van der Waals surface area contributed by atoms with Crippen LogP contribution in [0.25, 0.3) is 0 Å². The summed E-state index contributed by atoms with van der Waals surface area (Å²) in [6.45, 7) is 1.76. The van der Waals surface area contributed by atoms with Crippen molar-refractivity contribution in [2.75, 3.05) is 5.75 Å². The van der Waals surface area contributed by atoms with Crippen LogP contribution in [0.3, 0.4) is 0 Å². The summed E-state index contributed by atoms with van der Waals surface area (Å²) < 4.78 is 0. The summed E-state index contributed by atoms with van der Waals surface area (Å²) in [5.74, 6) is 1.16. The fourth-order valence-corrected chi connectivity index (χ4v) is 2.05. The van der Waals surface area contributed by atoms with E-state index in [0.29, 0.717) is 0 Å². The van der Waals surface area contributed by atoms with Gasteiger partial charge in [0.1, 0.15) is 0 Å². The Morgan fingerprint density at radius 2 is 2.36 bits per heavy atom. The number of rotatable bonds is 4. The maximum atomic E-state index is 10.4. The van der Waals surface area contributed by atoms with Gasteiger partial charge in [0, 0.05) is 0 Å². The summed E-state index contributed by atoms with van der Waals surface area (Å²) in [5.41, 5.74) is 0. The maximum Gasteiger partial charge on any atom is 0.316 e. The topological polar surface area (TPSA) is 37.3 Å². The molecule has 0 radical (unpaired) electrons. The van der Waals surface area contributed by atoms with Crippen LogP contribution in [-0.4, -0.2) is 22.1 Å². The molecule has 0 bridgehead atoms. The lowest BCUT2D eigenvalue weighted by Crippen LogP contribution is -2.18. The van der Waals surface area contributed by atoms with E-state index >= 15 is 0 Å². The lowest BCUT2D eigenvalue weighted by molar-refractivity contribution is -0.136. The van der Waals surface area contributed by atoms with Crippen molar-refractivity contribution in [2.45, 2.75) is 31.4 Å².